The van der Waals surface area contributed by atoms with E-state index in [2.05, 4.69) is 5.32 Å². The number of rotatable bonds is 1. The standard InChI is InChI=1S/C11H10F2N2O2/c12-6-3-8(13)10-9(4-6)17-11(16)15(10)7-1-2-14-5-7/h3-4,7,14H,1-2,5H2. The summed E-state index contributed by atoms with van der Waals surface area (Å²) in [7, 11) is 0. The summed E-state index contributed by atoms with van der Waals surface area (Å²) in [6, 6.07) is 1.65. The maximum absolute atomic E-state index is 13.7. The van der Waals surface area contributed by atoms with Gasteiger partial charge in [0.2, 0.25) is 0 Å². The van der Waals surface area contributed by atoms with Crippen molar-refractivity contribution in [2.75, 3.05) is 13.1 Å². The second-order valence-electron chi connectivity index (χ2n) is 4.12. The average molecular weight is 240 g/mol. The molecular formula is C11H10F2N2O2. The Morgan fingerprint density at radius 3 is 2.94 bits per heavy atom. The molecule has 1 aliphatic rings. The molecule has 0 bridgehead atoms. The Labute approximate surface area is 94.8 Å². The molecule has 1 fully saturated rings. The van der Waals surface area contributed by atoms with Crippen LogP contribution in [0.4, 0.5) is 8.78 Å². The van der Waals surface area contributed by atoms with Gasteiger partial charge in [-0.1, -0.05) is 0 Å². The van der Waals surface area contributed by atoms with Crippen LogP contribution in [0.5, 0.6) is 0 Å². The van der Waals surface area contributed by atoms with Gasteiger partial charge in [0.15, 0.2) is 11.4 Å². The van der Waals surface area contributed by atoms with Gasteiger partial charge in [-0.25, -0.2) is 13.6 Å². The van der Waals surface area contributed by atoms with Crippen molar-refractivity contribution in [3.8, 4) is 0 Å². The first-order valence-corrected chi connectivity index (χ1v) is 5.37. The third-order valence-corrected chi connectivity index (χ3v) is 3.03. The van der Waals surface area contributed by atoms with E-state index in [1.807, 2.05) is 0 Å². The van der Waals surface area contributed by atoms with Crippen LogP contribution < -0.4 is 11.1 Å². The summed E-state index contributed by atoms with van der Waals surface area (Å²) in [4.78, 5) is 11.7. The number of nitrogens with one attached hydrogen (secondary N) is 1. The summed E-state index contributed by atoms with van der Waals surface area (Å²) in [5.41, 5.74) is 0.00417. The van der Waals surface area contributed by atoms with E-state index in [0.717, 1.165) is 25.1 Å². The van der Waals surface area contributed by atoms with Gasteiger partial charge in [-0.05, 0) is 13.0 Å². The zero-order chi connectivity index (χ0) is 12.0. The number of hydrogen-bond donors (Lipinski definition) is 1. The molecule has 2 aromatic rings. The lowest BCUT2D eigenvalue weighted by atomic mass is 10.2. The Bertz CT molecular complexity index is 626. The maximum Gasteiger partial charge on any atom is 0.420 e. The van der Waals surface area contributed by atoms with Crippen LogP contribution in [0, 0.1) is 11.6 Å². The highest BCUT2D eigenvalue weighted by atomic mass is 19.1. The van der Waals surface area contributed by atoms with Gasteiger partial charge < -0.3 is 9.73 Å². The highest BCUT2D eigenvalue weighted by Crippen LogP contribution is 2.24. The van der Waals surface area contributed by atoms with Crippen LogP contribution in [-0.2, 0) is 0 Å². The molecule has 1 N–H and O–H groups in total. The zero-order valence-electron chi connectivity index (χ0n) is 8.87. The first-order chi connectivity index (χ1) is 8.16. The van der Waals surface area contributed by atoms with Gasteiger partial charge in [0.1, 0.15) is 11.3 Å². The lowest BCUT2D eigenvalue weighted by Crippen LogP contribution is -2.22. The van der Waals surface area contributed by atoms with E-state index in [-0.39, 0.29) is 17.1 Å². The summed E-state index contributed by atoms with van der Waals surface area (Å²) in [6.07, 6.45) is 0.728. The zero-order valence-corrected chi connectivity index (χ0v) is 8.87. The van der Waals surface area contributed by atoms with Crippen molar-refractivity contribution in [3.63, 3.8) is 0 Å². The Morgan fingerprint density at radius 2 is 2.24 bits per heavy atom. The molecular weight excluding hydrogens is 230 g/mol. The molecule has 1 atom stereocenters. The molecule has 1 saturated heterocycles. The van der Waals surface area contributed by atoms with E-state index in [4.69, 9.17) is 4.42 Å². The van der Waals surface area contributed by atoms with Crippen LogP contribution in [0.2, 0.25) is 0 Å². The summed E-state index contributed by atoms with van der Waals surface area (Å²) in [5.74, 6) is -2.16. The van der Waals surface area contributed by atoms with Crippen molar-refractivity contribution in [2.24, 2.45) is 0 Å². The number of aromatic nitrogens is 1. The monoisotopic (exact) mass is 240 g/mol. The smallest absolute Gasteiger partial charge is 0.407 e. The van der Waals surface area contributed by atoms with E-state index in [1.54, 1.807) is 0 Å². The third-order valence-electron chi connectivity index (χ3n) is 3.03. The normalized spacial score (nSPS) is 20.2. The molecule has 0 aliphatic carbocycles. The van der Waals surface area contributed by atoms with Crippen LogP contribution in [-0.4, -0.2) is 17.7 Å². The molecule has 6 heteroatoms. The minimum atomic E-state index is -0.766. The van der Waals surface area contributed by atoms with Crippen molar-refractivity contribution in [1.82, 2.24) is 9.88 Å². The second-order valence-corrected chi connectivity index (χ2v) is 4.12. The quantitative estimate of drug-likeness (QED) is 0.819. The number of hydrogen-bond acceptors (Lipinski definition) is 3. The van der Waals surface area contributed by atoms with Crippen molar-refractivity contribution in [3.05, 3.63) is 34.3 Å². The molecule has 1 aromatic heterocycles. The number of halogens is 2. The van der Waals surface area contributed by atoms with Crippen molar-refractivity contribution < 1.29 is 13.2 Å². The number of nitrogens with zero attached hydrogens (tertiary/aromatic N) is 1. The van der Waals surface area contributed by atoms with Gasteiger partial charge in [0, 0.05) is 18.7 Å². The Kier molecular flexibility index (Phi) is 2.25. The van der Waals surface area contributed by atoms with Crippen LogP contribution in [0.3, 0.4) is 0 Å². The van der Waals surface area contributed by atoms with Gasteiger partial charge in [-0.3, -0.25) is 4.57 Å². The second kappa shape index (κ2) is 3.66. The SMILES string of the molecule is O=c1oc2cc(F)cc(F)c2n1C1CCNC1. The third kappa shape index (κ3) is 1.56. The molecule has 90 valence electrons. The van der Waals surface area contributed by atoms with E-state index < -0.39 is 17.4 Å². The van der Waals surface area contributed by atoms with Crippen LogP contribution in [0.25, 0.3) is 11.1 Å². The summed E-state index contributed by atoms with van der Waals surface area (Å²) < 4.78 is 32.8. The highest BCUT2D eigenvalue weighted by Gasteiger charge is 2.24. The number of oxazole rings is 1. The number of fused-ring (bicyclic) bond motifs is 1. The summed E-state index contributed by atoms with van der Waals surface area (Å²) in [6.45, 7) is 1.36. The van der Waals surface area contributed by atoms with E-state index in [9.17, 15) is 13.6 Å². The predicted octanol–water partition coefficient (Wildman–Crippen LogP) is 1.41. The first kappa shape index (κ1) is 10.5. The van der Waals surface area contributed by atoms with Crippen LogP contribution in [0.15, 0.2) is 21.3 Å². The minimum absolute atomic E-state index is 0.0422. The molecule has 0 saturated carbocycles. The van der Waals surface area contributed by atoms with Gasteiger partial charge in [-0.15, -0.1) is 0 Å². The molecule has 0 radical (unpaired) electrons. The van der Waals surface area contributed by atoms with Crippen molar-refractivity contribution in [1.29, 1.82) is 0 Å². The van der Waals surface area contributed by atoms with Crippen molar-refractivity contribution in [2.45, 2.75) is 12.5 Å². The minimum Gasteiger partial charge on any atom is -0.407 e. The largest absolute Gasteiger partial charge is 0.420 e. The first-order valence-electron chi connectivity index (χ1n) is 5.37. The Hall–Kier alpha value is -1.69. The predicted molar refractivity (Wildman–Crippen MR) is 56.9 cm³/mol. The fraction of sp³-hybridized carbons (Fsp3) is 0.364. The molecule has 1 aromatic carbocycles. The van der Waals surface area contributed by atoms with Gasteiger partial charge in [0.25, 0.3) is 0 Å². The summed E-state index contributed by atoms with van der Waals surface area (Å²) in [5, 5.41) is 3.09. The molecule has 3 rings (SSSR count). The summed E-state index contributed by atoms with van der Waals surface area (Å²) >= 11 is 0. The fourth-order valence-electron chi connectivity index (χ4n) is 2.28. The van der Waals surface area contributed by atoms with E-state index in [0.29, 0.717) is 6.54 Å². The molecule has 1 aliphatic heterocycles. The van der Waals surface area contributed by atoms with Crippen LogP contribution in [0.1, 0.15) is 12.5 Å². The lowest BCUT2D eigenvalue weighted by Gasteiger charge is -2.09. The van der Waals surface area contributed by atoms with Crippen molar-refractivity contribution >= 4 is 11.1 Å². The molecule has 17 heavy (non-hydrogen) atoms. The Morgan fingerprint density at radius 1 is 1.41 bits per heavy atom. The fourth-order valence-corrected chi connectivity index (χ4v) is 2.28. The van der Waals surface area contributed by atoms with E-state index >= 15 is 0 Å². The van der Waals surface area contributed by atoms with E-state index in [1.165, 1.54) is 4.57 Å². The lowest BCUT2D eigenvalue weighted by molar-refractivity contribution is 0.457. The van der Waals surface area contributed by atoms with Gasteiger partial charge >= 0.3 is 5.76 Å². The number of benzene rings is 1. The maximum atomic E-state index is 13.7. The van der Waals surface area contributed by atoms with Gasteiger partial charge in [0.05, 0.1) is 6.04 Å². The molecule has 4 nitrogen and oxygen atoms in total. The van der Waals surface area contributed by atoms with Gasteiger partial charge in [-0.2, -0.15) is 0 Å². The highest BCUT2D eigenvalue weighted by molar-refractivity contribution is 5.73. The topological polar surface area (TPSA) is 47.2 Å². The molecule has 0 spiro atoms. The molecule has 1 unspecified atom stereocenters. The Balaban J connectivity index is 2.30. The van der Waals surface area contributed by atoms with Crippen LogP contribution >= 0.6 is 0 Å². The molecule has 2 heterocycles. The average Bonchev–Trinajstić information content (AvgIpc) is 2.83. The molecule has 0 amide bonds.